The van der Waals surface area contributed by atoms with Crippen molar-refractivity contribution in [3.05, 3.63) is 59.1 Å². The van der Waals surface area contributed by atoms with Crippen molar-refractivity contribution in [2.75, 3.05) is 27.2 Å². The molecular weight excluding hydrogens is 310 g/mol. The Kier molecular flexibility index (Phi) is 4.84. The van der Waals surface area contributed by atoms with Crippen molar-refractivity contribution in [3.63, 3.8) is 0 Å². The van der Waals surface area contributed by atoms with Crippen LogP contribution in [0.1, 0.15) is 5.56 Å². The van der Waals surface area contributed by atoms with Crippen LogP contribution in [-0.2, 0) is 6.54 Å². The van der Waals surface area contributed by atoms with Crippen LogP contribution in [0.5, 0.6) is 5.88 Å². The maximum absolute atomic E-state index is 6.14. The Balaban J connectivity index is 1.91. The summed E-state index contributed by atoms with van der Waals surface area (Å²) in [6.07, 6.45) is 0. The Bertz CT molecular complexity index is 784. The second-order valence-corrected chi connectivity index (χ2v) is 6.20. The van der Waals surface area contributed by atoms with Gasteiger partial charge in [0.2, 0.25) is 5.88 Å². The lowest BCUT2D eigenvalue weighted by Crippen LogP contribution is -2.19. The number of likely N-dealkylation sites (N-methyl/N-ethyl adjacent to an activating group) is 1. The molecule has 23 heavy (non-hydrogen) atoms. The number of ether oxygens (including phenoxy) is 1. The van der Waals surface area contributed by atoms with Gasteiger partial charge >= 0.3 is 0 Å². The third-order valence-electron chi connectivity index (χ3n) is 3.63. The number of aromatic nitrogens is 2. The van der Waals surface area contributed by atoms with E-state index in [1.807, 2.05) is 55.2 Å². The number of nitrogens with zero attached hydrogens (tertiary/aromatic N) is 3. The van der Waals surface area contributed by atoms with Gasteiger partial charge in [-0.2, -0.15) is 0 Å². The van der Waals surface area contributed by atoms with E-state index >= 15 is 0 Å². The lowest BCUT2D eigenvalue weighted by atomic mass is 10.2. The second kappa shape index (κ2) is 7.02. The molecule has 1 heterocycles. The van der Waals surface area contributed by atoms with Crippen LogP contribution < -0.4 is 4.74 Å². The minimum atomic E-state index is 0.594. The number of halogens is 1. The molecule has 0 amide bonds. The van der Waals surface area contributed by atoms with Crippen LogP contribution >= 0.6 is 11.6 Å². The van der Waals surface area contributed by atoms with Crippen molar-refractivity contribution in [1.82, 2.24) is 14.7 Å². The molecule has 0 aliphatic heterocycles. The van der Waals surface area contributed by atoms with E-state index in [-0.39, 0.29) is 0 Å². The molecule has 3 rings (SSSR count). The van der Waals surface area contributed by atoms with Gasteiger partial charge in [0.1, 0.15) is 6.61 Å². The maximum atomic E-state index is 6.14. The number of hydrogen-bond acceptors (Lipinski definition) is 3. The largest absolute Gasteiger partial charge is 0.475 e. The first-order valence-electron chi connectivity index (χ1n) is 7.61. The van der Waals surface area contributed by atoms with Crippen LogP contribution in [0.15, 0.2) is 48.5 Å². The third kappa shape index (κ3) is 3.84. The van der Waals surface area contributed by atoms with Crippen LogP contribution in [-0.4, -0.2) is 41.9 Å². The van der Waals surface area contributed by atoms with Gasteiger partial charge in [-0.3, -0.25) is 4.68 Å². The maximum Gasteiger partial charge on any atom is 0.240 e. The Morgan fingerprint density at radius 3 is 2.65 bits per heavy atom. The summed E-state index contributed by atoms with van der Waals surface area (Å²) in [7, 11) is 4.04. The molecule has 0 unspecified atom stereocenters. The fourth-order valence-electron chi connectivity index (χ4n) is 2.43. The van der Waals surface area contributed by atoms with E-state index in [4.69, 9.17) is 16.3 Å². The van der Waals surface area contributed by atoms with Gasteiger partial charge in [0.05, 0.1) is 17.4 Å². The van der Waals surface area contributed by atoms with Gasteiger partial charge in [0.15, 0.2) is 0 Å². The van der Waals surface area contributed by atoms with Crippen molar-refractivity contribution in [1.29, 1.82) is 0 Å². The number of fused-ring (bicyclic) bond motifs is 1. The molecule has 0 fully saturated rings. The number of benzene rings is 2. The minimum absolute atomic E-state index is 0.594. The summed E-state index contributed by atoms with van der Waals surface area (Å²) in [6, 6.07) is 16.1. The first-order valence-corrected chi connectivity index (χ1v) is 7.99. The average Bonchev–Trinajstić information content (AvgIpc) is 2.85. The van der Waals surface area contributed by atoms with E-state index < -0.39 is 0 Å². The molecule has 4 nitrogen and oxygen atoms in total. The fourth-order valence-corrected chi connectivity index (χ4v) is 2.60. The third-order valence-corrected chi connectivity index (χ3v) is 3.87. The van der Waals surface area contributed by atoms with Crippen LogP contribution in [0, 0.1) is 0 Å². The van der Waals surface area contributed by atoms with E-state index in [1.165, 1.54) is 5.56 Å². The zero-order valence-corrected chi connectivity index (χ0v) is 14.1. The van der Waals surface area contributed by atoms with Gasteiger partial charge in [-0.15, -0.1) is 5.10 Å². The summed E-state index contributed by atoms with van der Waals surface area (Å²) in [5, 5.41) is 6.28. The molecule has 0 saturated heterocycles. The summed E-state index contributed by atoms with van der Waals surface area (Å²) >= 11 is 6.14. The molecule has 0 aliphatic rings. The van der Waals surface area contributed by atoms with Crippen molar-refractivity contribution in [2.45, 2.75) is 6.54 Å². The normalized spacial score (nSPS) is 11.3. The molecule has 0 N–H and O–H groups in total. The van der Waals surface area contributed by atoms with E-state index in [9.17, 15) is 0 Å². The molecule has 0 saturated carbocycles. The molecule has 2 aromatic carbocycles. The highest BCUT2D eigenvalue weighted by molar-refractivity contribution is 6.31. The highest BCUT2D eigenvalue weighted by Gasteiger charge is 2.12. The molecule has 3 aromatic rings. The van der Waals surface area contributed by atoms with Crippen molar-refractivity contribution < 1.29 is 4.74 Å². The molecule has 1 aromatic heterocycles. The molecule has 0 aliphatic carbocycles. The monoisotopic (exact) mass is 329 g/mol. The molecular formula is C18H20ClN3O. The van der Waals surface area contributed by atoms with Crippen molar-refractivity contribution in [2.24, 2.45) is 0 Å². The van der Waals surface area contributed by atoms with E-state index in [0.29, 0.717) is 24.1 Å². The molecule has 0 spiro atoms. The van der Waals surface area contributed by atoms with E-state index in [1.54, 1.807) is 0 Å². The summed E-state index contributed by atoms with van der Waals surface area (Å²) in [5.41, 5.74) is 2.23. The summed E-state index contributed by atoms with van der Waals surface area (Å²) in [6.45, 7) is 2.14. The van der Waals surface area contributed by atoms with Gasteiger partial charge in [-0.1, -0.05) is 41.9 Å². The topological polar surface area (TPSA) is 30.3 Å². The highest BCUT2D eigenvalue weighted by atomic mass is 35.5. The zero-order valence-electron chi connectivity index (χ0n) is 13.4. The van der Waals surface area contributed by atoms with Gasteiger partial charge in [-0.05, 0) is 37.9 Å². The van der Waals surface area contributed by atoms with Gasteiger partial charge in [-0.25, -0.2) is 0 Å². The molecule has 0 atom stereocenters. The number of hydrogen-bond donors (Lipinski definition) is 0. The second-order valence-electron chi connectivity index (χ2n) is 5.76. The zero-order chi connectivity index (χ0) is 16.2. The fraction of sp³-hybridized carbons (Fsp3) is 0.278. The molecule has 0 radical (unpaired) electrons. The van der Waals surface area contributed by atoms with Gasteiger partial charge in [0, 0.05) is 11.6 Å². The van der Waals surface area contributed by atoms with Crippen LogP contribution in [0.2, 0.25) is 5.02 Å². The number of rotatable bonds is 6. The Morgan fingerprint density at radius 1 is 1.13 bits per heavy atom. The predicted octanol–water partition coefficient (Wildman–Crippen LogP) is 3.68. The van der Waals surface area contributed by atoms with Crippen LogP contribution in [0.25, 0.3) is 10.9 Å². The smallest absolute Gasteiger partial charge is 0.240 e. The lowest BCUT2D eigenvalue weighted by Gasteiger charge is -2.09. The summed E-state index contributed by atoms with van der Waals surface area (Å²) in [4.78, 5) is 2.08. The first kappa shape index (κ1) is 15.8. The quantitative estimate of drug-likeness (QED) is 0.691. The standard InChI is InChI=1S/C18H20ClN3O/c1-21(2)10-11-23-18-16-12-15(19)8-9-17(16)22(20-18)13-14-6-4-3-5-7-14/h3-9,12H,10-11,13H2,1-2H3. The molecule has 120 valence electrons. The Hall–Kier alpha value is -2.04. The first-order chi connectivity index (χ1) is 11.1. The Morgan fingerprint density at radius 2 is 1.91 bits per heavy atom. The van der Waals surface area contributed by atoms with Crippen molar-refractivity contribution >= 4 is 22.5 Å². The average molecular weight is 330 g/mol. The molecule has 5 heteroatoms. The van der Waals surface area contributed by atoms with Gasteiger partial charge in [0.25, 0.3) is 0 Å². The summed E-state index contributed by atoms with van der Waals surface area (Å²) in [5.74, 6) is 0.639. The van der Waals surface area contributed by atoms with Crippen LogP contribution in [0.3, 0.4) is 0 Å². The SMILES string of the molecule is CN(C)CCOc1nn(Cc2ccccc2)c2ccc(Cl)cc12. The Labute approximate surface area is 141 Å². The lowest BCUT2D eigenvalue weighted by molar-refractivity contribution is 0.254. The molecule has 0 bridgehead atoms. The van der Waals surface area contributed by atoms with Crippen molar-refractivity contribution in [3.8, 4) is 5.88 Å². The predicted molar refractivity (Wildman–Crippen MR) is 94.3 cm³/mol. The summed E-state index contributed by atoms with van der Waals surface area (Å²) < 4.78 is 7.84. The van der Waals surface area contributed by atoms with Crippen LogP contribution in [0.4, 0.5) is 0 Å². The van der Waals surface area contributed by atoms with E-state index in [2.05, 4.69) is 22.1 Å². The van der Waals surface area contributed by atoms with E-state index in [0.717, 1.165) is 17.4 Å². The highest BCUT2D eigenvalue weighted by Crippen LogP contribution is 2.28. The van der Waals surface area contributed by atoms with Gasteiger partial charge < -0.3 is 9.64 Å². The minimum Gasteiger partial charge on any atom is -0.475 e.